The zero-order valence-electron chi connectivity index (χ0n) is 18.2. The van der Waals surface area contributed by atoms with Crippen molar-refractivity contribution in [3.63, 3.8) is 0 Å². The van der Waals surface area contributed by atoms with E-state index < -0.39 is 11.9 Å². The summed E-state index contributed by atoms with van der Waals surface area (Å²) in [6.07, 6.45) is 1.48. The average molecular weight is 514 g/mol. The first-order valence-electron chi connectivity index (χ1n) is 10.2. The van der Waals surface area contributed by atoms with Crippen LogP contribution in [0, 0.1) is 11.3 Å². The molecular weight excluding hydrogens is 493 g/mol. The number of nitrogens with one attached hydrogen (secondary N) is 2. The Kier molecular flexibility index (Phi) is 8.83. The van der Waals surface area contributed by atoms with E-state index in [0.29, 0.717) is 37.6 Å². The third-order valence-electron chi connectivity index (χ3n) is 4.88. The van der Waals surface area contributed by atoms with Crippen LogP contribution < -0.4 is 10.6 Å². The third kappa shape index (κ3) is 6.03. The second-order valence-electron chi connectivity index (χ2n) is 7.21. The highest BCUT2D eigenvalue weighted by molar-refractivity contribution is 8.03. The van der Waals surface area contributed by atoms with Crippen LogP contribution in [-0.2, 0) is 14.3 Å². The number of rotatable bonds is 8. The molecule has 0 aromatic heterocycles. The van der Waals surface area contributed by atoms with Gasteiger partial charge in [0.25, 0.3) is 0 Å². The van der Waals surface area contributed by atoms with Gasteiger partial charge in [-0.3, -0.25) is 4.79 Å². The van der Waals surface area contributed by atoms with Crippen molar-refractivity contribution in [2.45, 2.75) is 12.8 Å². The fraction of sp³-hybridized carbons (Fsp3) is 0.160. The van der Waals surface area contributed by atoms with Crippen LogP contribution in [0.2, 0.25) is 10.0 Å². The van der Waals surface area contributed by atoms with Crippen LogP contribution in [0.25, 0.3) is 0 Å². The fourth-order valence-corrected chi connectivity index (χ4v) is 4.59. The molecule has 1 heterocycles. The van der Waals surface area contributed by atoms with Gasteiger partial charge >= 0.3 is 5.97 Å². The molecule has 9 heteroatoms. The molecule has 1 aliphatic heterocycles. The predicted molar refractivity (Wildman–Crippen MR) is 136 cm³/mol. The Bertz CT molecular complexity index is 1220. The van der Waals surface area contributed by atoms with Gasteiger partial charge in [0.2, 0.25) is 5.91 Å². The lowest BCUT2D eigenvalue weighted by Crippen LogP contribution is -2.29. The van der Waals surface area contributed by atoms with Crippen LogP contribution >= 0.6 is 35.0 Å². The molecule has 2 N–H and O–H groups in total. The smallest absolute Gasteiger partial charge is 0.337 e. The SMILES string of the molecule is C=CCOC(=O)C1=C(C)NC(SCC(=O)Nc2ccc(Cl)c(Cl)c2)=C(C#N)C1c1ccccc1. The number of benzene rings is 2. The monoisotopic (exact) mass is 513 g/mol. The van der Waals surface area contributed by atoms with Crippen molar-refractivity contribution in [3.8, 4) is 6.07 Å². The lowest BCUT2D eigenvalue weighted by atomic mass is 9.82. The number of esters is 1. The first-order chi connectivity index (χ1) is 16.3. The molecule has 0 spiro atoms. The second-order valence-corrected chi connectivity index (χ2v) is 9.01. The summed E-state index contributed by atoms with van der Waals surface area (Å²) in [5.41, 5.74) is 2.50. The van der Waals surface area contributed by atoms with Crippen molar-refractivity contribution in [1.29, 1.82) is 5.26 Å². The zero-order valence-corrected chi connectivity index (χ0v) is 20.6. The number of dihydropyridines is 1. The molecular formula is C25H21Cl2N3O3S. The van der Waals surface area contributed by atoms with E-state index in [1.807, 2.05) is 30.3 Å². The van der Waals surface area contributed by atoms with Gasteiger partial charge in [-0.05, 0) is 30.7 Å². The van der Waals surface area contributed by atoms with Crippen molar-refractivity contribution in [3.05, 3.63) is 98.7 Å². The number of halogens is 2. The van der Waals surface area contributed by atoms with Crippen LogP contribution in [0.4, 0.5) is 5.69 Å². The number of nitriles is 1. The van der Waals surface area contributed by atoms with Gasteiger partial charge in [0, 0.05) is 11.4 Å². The van der Waals surface area contributed by atoms with Crippen molar-refractivity contribution in [2.75, 3.05) is 17.7 Å². The van der Waals surface area contributed by atoms with E-state index >= 15 is 0 Å². The summed E-state index contributed by atoms with van der Waals surface area (Å²) in [5, 5.41) is 17.1. The summed E-state index contributed by atoms with van der Waals surface area (Å²) in [7, 11) is 0. The summed E-state index contributed by atoms with van der Waals surface area (Å²) in [5.74, 6) is -1.43. The standard InChI is InChI=1S/C25H21Cl2N3O3S/c1-3-11-33-25(32)22-15(2)29-24(18(13-28)23(22)16-7-5-4-6-8-16)34-14-21(31)30-17-9-10-19(26)20(27)12-17/h3-10,12,23,29H,1,11,14H2,2H3,(H,30,31). The molecule has 0 fully saturated rings. The molecule has 0 radical (unpaired) electrons. The first kappa shape index (κ1) is 25.4. The number of thioether (sulfide) groups is 1. The molecule has 6 nitrogen and oxygen atoms in total. The first-order valence-corrected chi connectivity index (χ1v) is 11.9. The maximum absolute atomic E-state index is 12.8. The zero-order chi connectivity index (χ0) is 24.7. The van der Waals surface area contributed by atoms with E-state index in [-0.39, 0.29) is 18.3 Å². The van der Waals surface area contributed by atoms with E-state index in [9.17, 15) is 14.9 Å². The molecule has 0 aliphatic carbocycles. The van der Waals surface area contributed by atoms with Gasteiger partial charge in [0.05, 0.1) is 44.0 Å². The highest BCUT2D eigenvalue weighted by Gasteiger charge is 2.35. The molecule has 0 saturated carbocycles. The number of amides is 1. The topological polar surface area (TPSA) is 91.2 Å². The van der Waals surface area contributed by atoms with Crippen LogP contribution in [0.5, 0.6) is 0 Å². The number of hydrogen-bond donors (Lipinski definition) is 2. The number of ether oxygens (including phenoxy) is 1. The highest BCUT2D eigenvalue weighted by Crippen LogP contribution is 2.41. The number of hydrogen-bond acceptors (Lipinski definition) is 6. The predicted octanol–water partition coefficient (Wildman–Crippen LogP) is 5.79. The van der Waals surface area contributed by atoms with Gasteiger partial charge in [-0.15, -0.1) is 0 Å². The molecule has 1 unspecified atom stereocenters. The molecule has 1 aliphatic rings. The largest absolute Gasteiger partial charge is 0.458 e. The van der Waals surface area contributed by atoms with Gasteiger partial charge < -0.3 is 15.4 Å². The Morgan fingerprint density at radius 3 is 2.62 bits per heavy atom. The Balaban J connectivity index is 1.86. The normalized spacial score (nSPS) is 15.3. The Hall–Kier alpha value is -3.18. The van der Waals surface area contributed by atoms with E-state index in [2.05, 4.69) is 23.3 Å². The van der Waals surface area contributed by atoms with Crippen molar-refractivity contribution < 1.29 is 14.3 Å². The van der Waals surface area contributed by atoms with Crippen molar-refractivity contribution in [2.24, 2.45) is 0 Å². The van der Waals surface area contributed by atoms with Crippen LogP contribution in [0.3, 0.4) is 0 Å². The number of anilines is 1. The van der Waals surface area contributed by atoms with Crippen molar-refractivity contribution >= 4 is 52.5 Å². The molecule has 3 rings (SSSR count). The van der Waals surface area contributed by atoms with Gasteiger partial charge in [0.1, 0.15) is 6.61 Å². The molecule has 174 valence electrons. The lowest BCUT2D eigenvalue weighted by molar-refractivity contribution is -0.138. The lowest BCUT2D eigenvalue weighted by Gasteiger charge is -2.29. The maximum Gasteiger partial charge on any atom is 0.337 e. The van der Waals surface area contributed by atoms with E-state index in [4.69, 9.17) is 27.9 Å². The Morgan fingerprint density at radius 2 is 1.97 bits per heavy atom. The van der Waals surface area contributed by atoms with E-state index in [1.54, 1.807) is 25.1 Å². The molecule has 1 atom stereocenters. The summed E-state index contributed by atoms with van der Waals surface area (Å²) >= 11 is 13.1. The van der Waals surface area contributed by atoms with Crippen molar-refractivity contribution in [1.82, 2.24) is 5.32 Å². The second kappa shape index (κ2) is 11.8. The minimum atomic E-state index is -0.634. The molecule has 0 bridgehead atoms. The molecule has 34 heavy (non-hydrogen) atoms. The van der Waals surface area contributed by atoms with Crippen LogP contribution in [0.1, 0.15) is 18.4 Å². The minimum Gasteiger partial charge on any atom is -0.458 e. The van der Waals surface area contributed by atoms with Gasteiger partial charge in [-0.1, -0.05) is 78.0 Å². The van der Waals surface area contributed by atoms with Gasteiger partial charge in [-0.2, -0.15) is 5.26 Å². The summed E-state index contributed by atoms with van der Waals surface area (Å²) in [4.78, 5) is 25.4. The fourth-order valence-electron chi connectivity index (χ4n) is 3.40. The van der Waals surface area contributed by atoms with Gasteiger partial charge in [-0.25, -0.2) is 4.79 Å². The Morgan fingerprint density at radius 1 is 1.24 bits per heavy atom. The third-order valence-corrected chi connectivity index (χ3v) is 6.64. The minimum absolute atomic E-state index is 0.0266. The number of allylic oxidation sites excluding steroid dienone is 2. The maximum atomic E-state index is 12.8. The van der Waals surface area contributed by atoms with E-state index in [1.165, 1.54) is 17.8 Å². The van der Waals surface area contributed by atoms with Gasteiger partial charge in [0.15, 0.2) is 0 Å². The quantitative estimate of drug-likeness (QED) is 0.342. The molecule has 0 saturated heterocycles. The molecule has 1 amide bonds. The highest BCUT2D eigenvalue weighted by atomic mass is 35.5. The number of carbonyl (C=O) groups excluding carboxylic acids is 2. The molecule has 2 aromatic carbocycles. The van der Waals surface area contributed by atoms with Crippen LogP contribution in [-0.4, -0.2) is 24.2 Å². The Labute approximate surface area is 212 Å². The summed E-state index contributed by atoms with van der Waals surface area (Å²) in [6, 6.07) is 16.3. The number of nitrogens with zero attached hydrogens (tertiary/aromatic N) is 1. The average Bonchev–Trinajstić information content (AvgIpc) is 2.83. The van der Waals surface area contributed by atoms with Crippen LogP contribution in [0.15, 0.2) is 83.1 Å². The summed E-state index contributed by atoms with van der Waals surface area (Å²) in [6.45, 7) is 5.37. The summed E-state index contributed by atoms with van der Waals surface area (Å²) < 4.78 is 5.29. The number of carbonyl (C=O) groups is 2. The van der Waals surface area contributed by atoms with E-state index in [0.717, 1.165) is 5.56 Å². The molecule has 2 aromatic rings.